The fourth-order valence-corrected chi connectivity index (χ4v) is 5.34. The van der Waals surface area contributed by atoms with Crippen LogP contribution in [-0.4, -0.2) is 4.57 Å². The molecule has 0 saturated heterocycles. The predicted molar refractivity (Wildman–Crippen MR) is 118 cm³/mol. The summed E-state index contributed by atoms with van der Waals surface area (Å²) >= 11 is 3.15. The molecule has 3 aromatic rings. The molecule has 0 atom stereocenters. The number of nitrogens with zero attached hydrogens (tertiary/aromatic N) is 3. The molecule has 0 fully saturated rings. The Bertz CT molecular complexity index is 1260. The van der Waals surface area contributed by atoms with Gasteiger partial charge in [-0.2, -0.15) is 0 Å². The van der Waals surface area contributed by atoms with E-state index in [1.165, 1.54) is 16.9 Å². The van der Waals surface area contributed by atoms with E-state index in [2.05, 4.69) is 54.5 Å². The van der Waals surface area contributed by atoms with Crippen LogP contribution < -0.4 is 48.2 Å². The molecule has 3 heterocycles. The number of aromatic nitrogens is 2. The molecule has 0 N–H and O–H groups in total. The van der Waals surface area contributed by atoms with E-state index in [9.17, 15) is 4.79 Å². The highest BCUT2D eigenvalue weighted by atomic mass is 127. The molecule has 0 aliphatic carbocycles. The number of thioether (sulfide) groups is 1. The molecule has 29 heavy (non-hydrogen) atoms. The molecule has 4 nitrogen and oxygen atoms in total. The molecule has 1 aliphatic rings. The van der Waals surface area contributed by atoms with Gasteiger partial charge in [0.05, 0.1) is 0 Å². The van der Waals surface area contributed by atoms with Gasteiger partial charge in [-0.1, -0.05) is 29.5 Å². The van der Waals surface area contributed by atoms with Gasteiger partial charge in [-0.15, -0.1) is 11.3 Å². The topological polar surface area (TPSA) is 29.1 Å². The normalized spacial score (nSPS) is 16.1. The van der Waals surface area contributed by atoms with Gasteiger partial charge in [0, 0.05) is 36.6 Å². The largest absolute Gasteiger partial charge is 1.00 e. The average molecular weight is 535 g/mol. The third-order valence-corrected chi connectivity index (χ3v) is 7.16. The van der Waals surface area contributed by atoms with Gasteiger partial charge in [-0.3, -0.25) is 4.79 Å². The van der Waals surface area contributed by atoms with Crippen LogP contribution in [0.4, 0.5) is 5.69 Å². The average Bonchev–Trinajstić information content (AvgIpc) is 3.19. The number of halogens is 1. The Balaban J connectivity index is 0.00000240. The van der Waals surface area contributed by atoms with Gasteiger partial charge in [0.1, 0.15) is 21.3 Å². The SMILES string of the molecule is CC1=CS/C(=c2/s/c(=C\c3cccc[n+]3C)n(C)c2=O)N1c1ccc(C)cc1.[I-]. The van der Waals surface area contributed by atoms with Crippen LogP contribution in [-0.2, 0) is 14.1 Å². The lowest BCUT2D eigenvalue weighted by molar-refractivity contribution is -0.673. The lowest BCUT2D eigenvalue weighted by atomic mass is 10.2. The van der Waals surface area contributed by atoms with Crippen LogP contribution in [0.25, 0.3) is 11.1 Å². The summed E-state index contributed by atoms with van der Waals surface area (Å²) in [7, 11) is 3.85. The number of thiazole rings is 1. The summed E-state index contributed by atoms with van der Waals surface area (Å²) in [5.41, 5.74) is 4.52. The van der Waals surface area contributed by atoms with Crippen molar-refractivity contribution in [1.29, 1.82) is 0 Å². The number of rotatable bonds is 2. The number of anilines is 1. The second-order valence-electron chi connectivity index (χ2n) is 6.87. The van der Waals surface area contributed by atoms with Gasteiger partial charge >= 0.3 is 0 Å². The first kappa shape index (κ1) is 21.9. The summed E-state index contributed by atoms with van der Waals surface area (Å²) in [4.78, 5) is 15.2. The number of pyridine rings is 1. The van der Waals surface area contributed by atoms with Gasteiger partial charge in [-0.05, 0) is 37.5 Å². The van der Waals surface area contributed by atoms with Gasteiger partial charge in [0.25, 0.3) is 5.56 Å². The minimum Gasteiger partial charge on any atom is -1.00 e. The highest BCUT2D eigenvalue weighted by Gasteiger charge is 2.23. The molecule has 1 aromatic carbocycles. The van der Waals surface area contributed by atoms with Crippen LogP contribution in [0.1, 0.15) is 18.2 Å². The maximum absolute atomic E-state index is 13.1. The van der Waals surface area contributed by atoms with Crippen molar-refractivity contribution in [2.75, 3.05) is 4.90 Å². The van der Waals surface area contributed by atoms with Crippen LogP contribution in [0, 0.1) is 6.92 Å². The van der Waals surface area contributed by atoms with Gasteiger partial charge in [0.2, 0.25) is 5.69 Å². The van der Waals surface area contributed by atoms with Gasteiger partial charge in [0.15, 0.2) is 6.20 Å². The van der Waals surface area contributed by atoms with E-state index in [1.807, 2.05) is 43.1 Å². The third-order valence-electron chi connectivity index (χ3n) is 4.79. The summed E-state index contributed by atoms with van der Waals surface area (Å²) in [6, 6.07) is 14.5. The second-order valence-corrected chi connectivity index (χ2v) is 8.76. The zero-order valence-corrected chi connectivity index (χ0v) is 20.5. The van der Waals surface area contributed by atoms with Crippen molar-refractivity contribution < 1.29 is 28.5 Å². The summed E-state index contributed by atoms with van der Waals surface area (Å²) in [5.74, 6) is 0. The van der Waals surface area contributed by atoms with E-state index < -0.39 is 0 Å². The van der Waals surface area contributed by atoms with Gasteiger partial charge < -0.3 is 33.4 Å². The highest BCUT2D eigenvalue weighted by Crippen LogP contribution is 2.38. The van der Waals surface area contributed by atoms with E-state index in [1.54, 1.807) is 16.3 Å². The van der Waals surface area contributed by atoms with E-state index >= 15 is 0 Å². The first-order valence-electron chi connectivity index (χ1n) is 9.02. The van der Waals surface area contributed by atoms with Crippen LogP contribution in [0.2, 0.25) is 0 Å². The summed E-state index contributed by atoms with van der Waals surface area (Å²) in [6.07, 6.45) is 4.07. The lowest BCUT2D eigenvalue weighted by Crippen LogP contribution is -3.00. The molecule has 2 aromatic heterocycles. The first-order chi connectivity index (χ1) is 13.5. The molecular formula is C22H22IN3OS2. The molecule has 0 amide bonds. The van der Waals surface area contributed by atoms with Gasteiger partial charge in [-0.25, -0.2) is 4.57 Å². The molecule has 0 spiro atoms. The number of hydrogen-bond acceptors (Lipinski definition) is 4. The Kier molecular flexibility index (Phi) is 6.70. The summed E-state index contributed by atoms with van der Waals surface area (Å²) in [5, 5.41) is 3.08. The minimum absolute atomic E-state index is 0. The smallest absolute Gasteiger partial charge is 0.271 e. The van der Waals surface area contributed by atoms with E-state index in [0.29, 0.717) is 0 Å². The first-order valence-corrected chi connectivity index (χ1v) is 10.7. The molecule has 0 unspecified atom stereocenters. The Morgan fingerprint density at radius 2 is 1.79 bits per heavy atom. The Morgan fingerprint density at radius 3 is 2.48 bits per heavy atom. The summed E-state index contributed by atoms with van der Waals surface area (Å²) in [6.45, 7) is 4.16. The van der Waals surface area contributed by atoms with Crippen molar-refractivity contribution in [2.24, 2.45) is 14.1 Å². The fourth-order valence-electron chi connectivity index (χ4n) is 3.12. The molecule has 0 bridgehead atoms. The molecule has 0 radical (unpaired) electrons. The lowest BCUT2D eigenvalue weighted by Gasteiger charge is -2.21. The molecule has 0 saturated carbocycles. The predicted octanol–water partition coefficient (Wildman–Crippen LogP) is -0.407. The maximum Gasteiger partial charge on any atom is 0.271 e. The standard InChI is InChI=1S/C22H22N3OS2.HI/c1-15-8-10-17(11-9-15)25-16(2)14-27-22(25)20-21(26)24(4)19(28-20)13-18-7-5-6-12-23(18)3;/h5-14H,1-4H3;1H/q+1;/p-1/b22-20+;. The quantitative estimate of drug-likeness (QED) is 0.331. The molecule has 7 heteroatoms. The van der Waals surface area contributed by atoms with Crippen molar-refractivity contribution in [2.45, 2.75) is 13.8 Å². The molecule has 150 valence electrons. The van der Waals surface area contributed by atoms with Crippen LogP contribution in [0.3, 0.4) is 0 Å². The van der Waals surface area contributed by atoms with E-state index in [0.717, 1.165) is 31.3 Å². The number of aryl methyl sites for hydroxylation is 2. The van der Waals surface area contributed by atoms with Crippen molar-refractivity contribution in [3.8, 4) is 0 Å². The van der Waals surface area contributed by atoms with Crippen molar-refractivity contribution in [3.63, 3.8) is 0 Å². The van der Waals surface area contributed by atoms with Crippen LogP contribution in [0.15, 0.2) is 64.6 Å². The minimum atomic E-state index is 0. The van der Waals surface area contributed by atoms with Crippen molar-refractivity contribution >= 4 is 39.9 Å². The molecule has 1 aliphatic heterocycles. The second kappa shape index (κ2) is 8.89. The van der Waals surface area contributed by atoms with Crippen LogP contribution >= 0.6 is 23.1 Å². The fraction of sp³-hybridized carbons (Fsp3) is 0.182. The third kappa shape index (κ3) is 4.22. The Hall–Kier alpha value is -1.84. The number of benzene rings is 1. The Morgan fingerprint density at radius 1 is 1.07 bits per heavy atom. The van der Waals surface area contributed by atoms with Crippen molar-refractivity contribution in [1.82, 2.24) is 4.57 Å². The zero-order chi connectivity index (χ0) is 19.8. The summed E-state index contributed by atoms with van der Waals surface area (Å²) < 4.78 is 5.49. The van der Waals surface area contributed by atoms with E-state index in [4.69, 9.17) is 0 Å². The number of hydrogen-bond donors (Lipinski definition) is 0. The van der Waals surface area contributed by atoms with Crippen LogP contribution in [0.5, 0.6) is 0 Å². The highest BCUT2D eigenvalue weighted by molar-refractivity contribution is 8.11. The van der Waals surface area contributed by atoms with Crippen molar-refractivity contribution in [3.05, 3.63) is 90.6 Å². The van der Waals surface area contributed by atoms with E-state index in [-0.39, 0.29) is 29.5 Å². The number of allylic oxidation sites excluding steroid dienone is 1. The molecular weight excluding hydrogens is 513 g/mol. The maximum atomic E-state index is 13.1. The monoisotopic (exact) mass is 535 g/mol. The zero-order valence-electron chi connectivity index (χ0n) is 16.7. The molecule has 4 rings (SSSR count). The Labute approximate surface area is 195 Å².